The van der Waals surface area contributed by atoms with Crippen LogP contribution in [0.4, 0.5) is 22.7 Å². The predicted octanol–water partition coefficient (Wildman–Crippen LogP) is 11.4. The topological polar surface area (TPSA) is 193 Å². The van der Waals surface area contributed by atoms with Crippen LogP contribution in [0, 0.1) is 6.92 Å². The molecule has 17 heteroatoms. The van der Waals surface area contributed by atoms with Crippen molar-refractivity contribution < 1.29 is 30.7 Å². The zero-order chi connectivity index (χ0) is 39.2. The lowest BCUT2D eigenvalue weighted by Gasteiger charge is -2.07. The molecule has 0 bridgehead atoms. The number of azo groups is 2. The Morgan fingerprint density at radius 2 is 1.23 bits per heavy atom. The summed E-state index contributed by atoms with van der Waals surface area (Å²) >= 11 is 2.69. The second-order valence-corrected chi connectivity index (χ2v) is 17.2. The number of benzene rings is 6. The van der Waals surface area contributed by atoms with E-state index in [1.807, 2.05) is 37.3 Å². The second-order valence-electron chi connectivity index (χ2n) is 12.4. The Bertz CT molecular complexity index is 3110. The Morgan fingerprint density at radius 3 is 1.89 bits per heavy atom. The van der Waals surface area contributed by atoms with Crippen LogP contribution in [-0.2, 0) is 20.2 Å². The van der Waals surface area contributed by atoms with Gasteiger partial charge in [0, 0.05) is 21.9 Å². The Hall–Kier alpha value is -5.82. The summed E-state index contributed by atoms with van der Waals surface area (Å²) in [6.07, 6.45) is 0. The number of nitrogens with zero attached hydrogens (tertiary/aromatic N) is 6. The van der Waals surface area contributed by atoms with Gasteiger partial charge < -0.3 is 4.74 Å². The lowest BCUT2D eigenvalue weighted by atomic mass is 10.1. The van der Waals surface area contributed by atoms with Crippen LogP contribution in [0.5, 0.6) is 5.75 Å². The highest BCUT2D eigenvalue weighted by atomic mass is 32.2. The first-order valence-electron chi connectivity index (χ1n) is 16.8. The molecule has 0 spiro atoms. The van der Waals surface area contributed by atoms with Crippen molar-refractivity contribution in [1.29, 1.82) is 0 Å². The maximum absolute atomic E-state index is 12.1. The molecule has 0 aliphatic heterocycles. The van der Waals surface area contributed by atoms with Gasteiger partial charge in [0.1, 0.15) is 20.7 Å². The molecule has 8 rings (SSSR count). The molecule has 56 heavy (non-hydrogen) atoms. The fraction of sp³-hybridized carbons (Fsp3) is 0.0769. The van der Waals surface area contributed by atoms with Gasteiger partial charge in [0.2, 0.25) is 0 Å². The Balaban J connectivity index is 1.06. The summed E-state index contributed by atoms with van der Waals surface area (Å²) in [5.74, 6) is 0.714. The predicted molar refractivity (Wildman–Crippen MR) is 218 cm³/mol. The highest BCUT2D eigenvalue weighted by Gasteiger charge is 2.21. The van der Waals surface area contributed by atoms with Gasteiger partial charge in [0.05, 0.1) is 54.7 Å². The van der Waals surface area contributed by atoms with E-state index in [4.69, 9.17) is 9.72 Å². The number of aromatic nitrogens is 2. The molecule has 2 heterocycles. The summed E-state index contributed by atoms with van der Waals surface area (Å²) in [7, 11) is -8.93. The van der Waals surface area contributed by atoms with Crippen molar-refractivity contribution in [2.75, 3.05) is 6.61 Å². The molecule has 0 saturated carbocycles. The summed E-state index contributed by atoms with van der Waals surface area (Å²) < 4.78 is 74.7. The molecule has 0 radical (unpaired) electrons. The van der Waals surface area contributed by atoms with E-state index in [0.717, 1.165) is 26.4 Å². The molecule has 0 atom stereocenters. The molecule has 0 fully saturated rings. The van der Waals surface area contributed by atoms with Crippen LogP contribution in [0.1, 0.15) is 12.5 Å². The minimum absolute atomic E-state index is 0.125. The number of fused-ring (bicyclic) bond motifs is 3. The van der Waals surface area contributed by atoms with Crippen LogP contribution in [0.25, 0.3) is 52.3 Å². The third-order valence-electron chi connectivity index (χ3n) is 8.65. The monoisotopic (exact) mass is 820 g/mol. The molecular formula is C39H28N6O7S4. The van der Waals surface area contributed by atoms with E-state index in [0.29, 0.717) is 66.7 Å². The van der Waals surface area contributed by atoms with Gasteiger partial charge >= 0.3 is 0 Å². The van der Waals surface area contributed by atoms with Gasteiger partial charge in [0.15, 0.2) is 0 Å². The quantitative estimate of drug-likeness (QED) is 0.0997. The molecule has 13 nitrogen and oxygen atoms in total. The fourth-order valence-corrected chi connectivity index (χ4v) is 9.82. The molecular weight excluding hydrogens is 793 g/mol. The Kier molecular flexibility index (Phi) is 9.73. The van der Waals surface area contributed by atoms with Crippen molar-refractivity contribution in [2.24, 2.45) is 20.5 Å². The maximum atomic E-state index is 12.1. The normalized spacial score (nSPS) is 12.5. The largest absolute Gasteiger partial charge is 0.494 e. The van der Waals surface area contributed by atoms with Crippen LogP contribution in [0.3, 0.4) is 0 Å². The van der Waals surface area contributed by atoms with E-state index in [2.05, 4.69) is 25.4 Å². The third-order valence-corrected chi connectivity index (χ3v) is 12.9. The first-order valence-corrected chi connectivity index (χ1v) is 21.3. The fourth-order valence-electron chi connectivity index (χ4n) is 5.99. The average molecular weight is 821 g/mol. The van der Waals surface area contributed by atoms with Gasteiger partial charge in [-0.1, -0.05) is 12.1 Å². The molecule has 280 valence electrons. The van der Waals surface area contributed by atoms with Crippen molar-refractivity contribution in [3.8, 4) is 26.9 Å². The van der Waals surface area contributed by atoms with E-state index in [1.165, 1.54) is 34.8 Å². The van der Waals surface area contributed by atoms with Gasteiger partial charge in [-0.05, 0) is 116 Å². The molecule has 0 unspecified atom stereocenters. The van der Waals surface area contributed by atoms with Crippen LogP contribution in [0.2, 0.25) is 0 Å². The lowest BCUT2D eigenvalue weighted by molar-refractivity contribution is 0.340. The molecule has 2 N–H and O–H groups in total. The van der Waals surface area contributed by atoms with Crippen LogP contribution in [0.15, 0.2) is 139 Å². The van der Waals surface area contributed by atoms with Crippen LogP contribution in [-0.4, -0.2) is 42.5 Å². The number of ether oxygens (including phenoxy) is 1. The Morgan fingerprint density at radius 1 is 0.625 bits per heavy atom. The van der Waals surface area contributed by atoms with Gasteiger partial charge in [-0.15, -0.1) is 32.9 Å². The minimum Gasteiger partial charge on any atom is -0.494 e. The van der Waals surface area contributed by atoms with Gasteiger partial charge in [-0.2, -0.15) is 27.1 Å². The average Bonchev–Trinajstić information content (AvgIpc) is 3.80. The highest BCUT2D eigenvalue weighted by Crippen LogP contribution is 2.40. The van der Waals surface area contributed by atoms with E-state index in [-0.39, 0.29) is 9.79 Å². The first-order chi connectivity index (χ1) is 26.8. The lowest BCUT2D eigenvalue weighted by Crippen LogP contribution is -2.00. The number of thiazole rings is 2. The molecule has 0 aliphatic carbocycles. The molecule has 6 aromatic carbocycles. The number of rotatable bonds is 10. The van der Waals surface area contributed by atoms with Crippen LogP contribution >= 0.6 is 22.7 Å². The van der Waals surface area contributed by atoms with Crippen molar-refractivity contribution in [1.82, 2.24) is 9.97 Å². The highest BCUT2D eigenvalue weighted by molar-refractivity contribution is 7.86. The number of hydrogen-bond donors (Lipinski definition) is 2. The van der Waals surface area contributed by atoms with Gasteiger partial charge in [-0.25, -0.2) is 9.97 Å². The zero-order valence-electron chi connectivity index (χ0n) is 29.4. The van der Waals surface area contributed by atoms with Crippen molar-refractivity contribution in [3.05, 3.63) is 115 Å². The minimum atomic E-state index is -4.50. The summed E-state index contributed by atoms with van der Waals surface area (Å²) in [5.41, 5.74) is 5.31. The van der Waals surface area contributed by atoms with E-state index >= 15 is 0 Å². The zero-order valence-corrected chi connectivity index (χ0v) is 32.6. The third kappa shape index (κ3) is 7.55. The summed E-state index contributed by atoms with van der Waals surface area (Å²) in [5, 5.41) is 19.9. The van der Waals surface area contributed by atoms with Gasteiger partial charge in [0.25, 0.3) is 20.2 Å². The van der Waals surface area contributed by atoms with Gasteiger partial charge in [-0.3, -0.25) is 9.11 Å². The summed E-state index contributed by atoms with van der Waals surface area (Å²) in [4.78, 5) is 9.02. The smallest absolute Gasteiger partial charge is 0.296 e. The number of hydrogen-bond acceptors (Lipinski definition) is 13. The molecule has 0 saturated heterocycles. The van der Waals surface area contributed by atoms with Crippen molar-refractivity contribution in [2.45, 2.75) is 23.6 Å². The summed E-state index contributed by atoms with van der Waals surface area (Å²) in [6, 6.07) is 31.1. The van der Waals surface area contributed by atoms with Crippen molar-refractivity contribution in [3.63, 3.8) is 0 Å². The molecule has 0 amide bonds. The van der Waals surface area contributed by atoms with E-state index < -0.39 is 20.2 Å². The molecule has 2 aromatic heterocycles. The summed E-state index contributed by atoms with van der Waals surface area (Å²) in [6.45, 7) is 4.08. The Labute approximate surface area is 328 Å². The molecule has 8 aromatic rings. The van der Waals surface area contributed by atoms with Crippen molar-refractivity contribution >= 4 is 96.9 Å². The molecule has 0 aliphatic rings. The van der Waals surface area contributed by atoms with E-state index in [1.54, 1.807) is 73.7 Å². The second kappa shape index (κ2) is 14.7. The van der Waals surface area contributed by atoms with Crippen LogP contribution < -0.4 is 4.74 Å². The number of aryl methyl sites for hydroxylation is 1. The standard InChI is InChI=1S/C39H28N6O7S4/c1-3-52-27-12-10-26(11-13-27)43-44-31-18-19-32(30-21-28(55(46,47)48)14-15-29(30)31)45-42-25-8-5-23(6-9-25)38-40-33-17-7-24(20-35(33)53-38)39-41-34-16-4-22(2)37(36(34)54-39)56(49,50)51/h4-21H,3H2,1-2H3,(H,46,47,48)(H,49,50,51). The SMILES string of the molecule is CCOc1ccc(N=Nc2ccc(N=Nc3ccc(-c4nc5ccc(-c6nc7ccc(C)c(S(=O)(=O)O)c7s6)cc5s4)cc3)c3cc(S(=O)(=O)O)ccc23)cc1. The first kappa shape index (κ1) is 37.1. The van der Waals surface area contributed by atoms with E-state index in [9.17, 15) is 25.9 Å². The maximum Gasteiger partial charge on any atom is 0.296 e.